The number of aryl methyl sites for hydroxylation is 2. The number of hydrogen-bond acceptors (Lipinski definition) is 4. The predicted octanol–water partition coefficient (Wildman–Crippen LogP) is 5.53. The van der Waals surface area contributed by atoms with Gasteiger partial charge in [-0.3, -0.25) is 9.59 Å². The molecule has 1 aromatic heterocycles. The molecule has 35 heavy (non-hydrogen) atoms. The molecular weight excluding hydrogens is 465 g/mol. The number of likely N-dealkylation sites (tertiary alicyclic amines) is 1. The van der Waals surface area contributed by atoms with Crippen molar-refractivity contribution in [2.45, 2.75) is 44.7 Å². The fourth-order valence-corrected chi connectivity index (χ4v) is 6.42. The quantitative estimate of drug-likeness (QED) is 0.460. The average Bonchev–Trinajstić information content (AvgIpc) is 3.51. The van der Waals surface area contributed by atoms with Crippen LogP contribution in [0.4, 0.5) is 4.39 Å². The fraction of sp³-hybridized carbons (Fsp3) is 0.321. The third kappa shape index (κ3) is 4.18. The molecule has 1 amide bonds. The van der Waals surface area contributed by atoms with Crippen LogP contribution in [0.5, 0.6) is 0 Å². The highest BCUT2D eigenvalue weighted by atomic mass is 32.1. The first-order chi connectivity index (χ1) is 16.8. The first kappa shape index (κ1) is 23.4. The Morgan fingerprint density at radius 3 is 2.31 bits per heavy atom. The number of aliphatic carboxylic acids is 1. The monoisotopic (exact) mass is 491 g/mol. The number of carboxylic acid groups (broad SMARTS) is 1. The summed E-state index contributed by atoms with van der Waals surface area (Å²) in [6.45, 7) is 3.81. The van der Waals surface area contributed by atoms with Crippen molar-refractivity contribution in [3.8, 4) is 0 Å². The molecule has 2 aromatic carbocycles. The summed E-state index contributed by atoms with van der Waals surface area (Å²) in [6, 6.07) is 12.8. The van der Waals surface area contributed by atoms with Gasteiger partial charge in [0.25, 0.3) is 0 Å². The van der Waals surface area contributed by atoms with Crippen molar-refractivity contribution >= 4 is 29.0 Å². The van der Waals surface area contributed by atoms with Crippen molar-refractivity contribution < 1.29 is 23.9 Å². The molecule has 2 aliphatic rings. The minimum Gasteiger partial charge on any atom is -0.480 e. The minimum atomic E-state index is -1.24. The third-order valence-electron chi connectivity index (χ3n) is 7.13. The molecule has 2 fully saturated rings. The Kier molecular flexibility index (Phi) is 6.05. The number of thiophene rings is 1. The van der Waals surface area contributed by atoms with E-state index >= 15 is 0 Å². The van der Waals surface area contributed by atoms with E-state index in [1.54, 1.807) is 18.2 Å². The maximum Gasteiger partial charge on any atom is 0.327 e. The highest BCUT2D eigenvalue weighted by molar-refractivity contribution is 7.10. The van der Waals surface area contributed by atoms with Gasteiger partial charge >= 0.3 is 5.97 Å². The van der Waals surface area contributed by atoms with Gasteiger partial charge in [0.15, 0.2) is 5.78 Å². The van der Waals surface area contributed by atoms with Crippen LogP contribution in [0.25, 0.3) is 0 Å². The lowest BCUT2D eigenvalue weighted by Gasteiger charge is -2.30. The number of benzene rings is 2. The second kappa shape index (κ2) is 9.04. The predicted molar refractivity (Wildman–Crippen MR) is 131 cm³/mol. The van der Waals surface area contributed by atoms with Crippen molar-refractivity contribution in [2.75, 3.05) is 0 Å². The molecule has 1 saturated heterocycles. The SMILES string of the molecule is Cc1cccc(C(=O)C2C(c3ccc(F)cc3)C(C(=O)O)N(C(=O)C3CC3)C2c2sccc2C)c1. The van der Waals surface area contributed by atoms with Gasteiger partial charge < -0.3 is 10.0 Å². The number of Topliss-reactive ketones (excluding diaryl/α,β-unsaturated/α-hetero) is 1. The second-order valence-corrected chi connectivity index (χ2v) is 10.5. The van der Waals surface area contributed by atoms with Crippen LogP contribution in [0, 0.1) is 31.5 Å². The fourth-order valence-electron chi connectivity index (χ4n) is 5.35. The average molecular weight is 492 g/mol. The second-order valence-electron chi connectivity index (χ2n) is 9.55. The number of ketones is 1. The molecular formula is C28H26FNO4S. The normalized spacial score (nSPS) is 23.9. The van der Waals surface area contributed by atoms with Crippen LogP contribution in [0.15, 0.2) is 60.0 Å². The summed E-state index contributed by atoms with van der Waals surface area (Å²) >= 11 is 1.43. The Hall–Kier alpha value is -3.32. The van der Waals surface area contributed by atoms with Crippen LogP contribution in [-0.2, 0) is 9.59 Å². The molecule has 0 bridgehead atoms. The van der Waals surface area contributed by atoms with E-state index in [2.05, 4.69) is 0 Å². The van der Waals surface area contributed by atoms with E-state index in [0.717, 1.165) is 28.8 Å². The van der Waals surface area contributed by atoms with Crippen molar-refractivity contribution in [3.05, 3.63) is 92.9 Å². The lowest BCUT2D eigenvalue weighted by atomic mass is 9.77. The molecule has 1 saturated carbocycles. The number of carboxylic acids is 1. The standard InChI is InChI=1S/C28H26FNO4S/c1-15-4-3-5-19(14-15)25(31)22-21(17-8-10-20(29)11-9-17)24(28(33)34)30(27(32)18-6-7-18)23(22)26-16(2)12-13-35-26/h3-5,8-14,18,21-24H,6-7H2,1-2H3,(H,33,34). The maximum atomic E-state index is 14.2. The molecule has 5 nitrogen and oxygen atoms in total. The van der Waals surface area contributed by atoms with E-state index in [1.807, 2.05) is 31.4 Å². The first-order valence-electron chi connectivity index (χ1n) is 11.7. The Bertz CT molecular complexity index is 1300. The summed E-state index contributed by atoms with van der Waals surface area (Å²) in [4.78, 5) is 42.9. The van der Waals surface area contributed by atoms with Gasteiger partial charge in [0.1, 0.15) is 11.9 Å². The van der Waals surface area contributed by atoms with Gasteiger partial charge in [0, 0.05) is 22.3 Å². The number of rotatable bonds is 6. The van der Waals surface area contributed by atoms with Crippen LogP contribution in [0.1, 0.15) is 56.7 Å². The van der Waals surface area contributed by atoms with E-state index in [4.69, 9.17) is 0 Å². The number of halogens is 1. The van der Waals surface area contributed by atoms with E-state index in [0.29, 0.717) is 11.1 Å². The van der Waals surface area contributed by atoms with Crippen molar-refractivity contribution in [1.82, 2.24) is 4.90 Å². The summed E-state index contributed by atoms with van der Waals surface area (Å²) in [6.07, 6.45) is 1.44. The van der Waals surface area contributed by atoms with E-state index in [9.17, 15) is 23.9 Å². The zero-order valence-corrected chi connectivity index (χ0v) is 20.3. The van der Waals surface area contributed by atoms with Crippen LogP contribution >= 0.6 is 11.3 Å². The van der Waals surface area contributed by atoms with Crippen molar-refractivity contribution in [2.24, 2.45) is 11.8 Å². The smallest absolute Gasteiger partial charge is 0.327 e. The van der Waals surface area contributed by atoms with Crippen LogP contribution < -0.4 is 0 Å². The number of carbonyl (C=O) groups is 3. The molecule has 1 aliphatic carbocycles. The van der Waals surface area contributed by atoms with Gasteiger partial charge in [-0.15, -0.1) is 11.3 Å². The molecule has 2 heterocycles. The molecule has 180 valence electrons. The highest BCUT2D eigenvalue weighted by Gasteiger charge is 2.59. The van der Waals surface area contributed by atoms with Gasteiger partial charge in [0.05, 0.1) is 12.0 Å². The Balaban J connectivity index is 1.75. The van der Waals surface area contributed by atoms with E-state index < -0.39 is 35.7 Å². The molecule has 0 spiro atoms. The largest absolute Gasteiger partial charge is 0.480 e. The number of amides is 1. The van der Waals surface area contributed by atoms with E-state index in [-0.39, 0.29) is 17.6 Å². The first-order valence-corrected chi connectivity index (χ1v) is 12.6. The lowest BCUT2D eigenvalue weighted by Crippen LogP contribution is -2.44. The van der Waals surface area contributed by atoms with E-state index in [1.165, 1.54) is 40.5 Å². The minimum absolute atomic E-state index is 0.210. The van der Waals surface area contributed by atoms with Gasteiger partial charge in [-0.2, -0.15) is 0 Å². The Labute approximate surface area is 207 Å². The topological polar surface area (TPSA) is 74.7 Å². The number of carbonyl (C=O) groups excluding carboxylic acids is 2. The number of hydrogen-bond donors (Lipinski definition) is 1. The Morgan fingerprint density at radius 1 is 1.03 bits per heavy atom. The van der Waals surface area contributed by atoms with Crippen LogP contribution in [0.2, 0.25) is 0 Å². The molecule has 1 aliphatic heterocycles. The van der Waals surface area contributed by atoms with Crippen LogP contribution in [0.3, 0.4) is 0 Å². The highest BCUT2D eigenvalue weighted by Crippen LogP contribution is 2.54. The molecule has 1 N–H and O–H groups in total. The molecule has 5 rings (SSSR count). The lowest BCUT2D eigenvalue weighted by molar-refractivity contribution is -0.150. The summed E-state index contributed by atoms with van der Waals surface area (Å²) < 4.78 is 13.8. The zero-order chi connectivity index (χ0) is 24.9. The molecule has 0 radical (unpaired) electrons. The summed E-state index contributed by atoms with van der Waals surface area (Å²) in [7, 11) is 0. The maximum absolute atomic E-state index is 14.2. The molecule has 7 heteroatoms. The van der Waals surface area contributed by atoms with Crippen molar-refractivity contribution in [1.29, 1.82) is 0 Å². The summed E-state index contributed by atoms with van der Waals surface area (Å²) in [5.74, 6) is -3.91. The molecule has 4 unspecified atom stereocenters. The Morgan fingerprint density at radius 2 is 1.74 bits per heavy atom. The zero-order valence-electron chi connectivity index (χ0n) is 19.5. The van der Waals surface area contributed by atoms with Gasteiger partial charge in [-0.1, -0.05) is 35.9 Å². The van der Waals surface area contributed by atoms with Crippen LogP contribution in [-0.4, -0.2) is 33.7 Å². The molecule has 3 aromatic rings. The summed E-state index contributed by atoms with van der Waals surface area (Å²) in [5.41, 5.74) is 2.84. The van der Waals surface area contributed by atoms with Crippen molar-refractivity contribution in [3.63, 3.8) is 0 Å². The summed E-state index contributed by atoms with van der Waals surface area (Å²) in [5, 5.41) is 12.3. The van der Waals surface area contributed by atoms with Gasteiger partial charge in [-0.25, -0.2) is 9.18 Å². The molecule has 4 atom stereocenters. The number of nitrogens with zero attached hydrogens (tertiary/aromatic N) is 1. The van der Waals surface area contributed by atoms with Gasteiger partial charge in [0.2, 0.25) is 5.91 Å². The third-order valence-corrected chi connectivity index (χ3v) is 8.22. The van der Waals surface area contributed by atoms with Gasteiger partial charge in [-0.05, 0) is 67.5 Å².